The van der Waals surface area contributed by atoms with Crippen LogP contribution in [0.3, 0.4) is 0 Å². The monoisotopic (exact) mass is 372 g/mol. The Hall–Kier alpha value is -2.78. The Morgan fingerprint density at radius 3 is 2.93 bits per heavy atom. The zero-order valence-electron chi connectivity index (χ0n) is 15.7. The molecule has 1 heterocycles. The number of aliphatic hydroxyl groups excluding tert-OH is 1. The lowest BCUT2D eigenvalue weighted by Gasteiger charge is -2.42. The topological polar surface area (TPSA) is 101 Å². The number of fused-ring (bicyclic) bond motifs is 1. The zero-order valence-corrected chi connectivity index (χ0v) is 15.7. The maximum atomic E-state index is 10.8. The molecule has 0 fully saturated rings. The molecule has 2 rings (SSSR count). The number of nitrogens with zero attached hydrogens (tertiary/aromatic N) is 1. The minimum absolute atomic E-state index is 0.134. The molecule has 27 heavy (non-hydrogen) atoms. The van der Waals surface area contributed by atoms with Crippen molar-refractivity contribution in [2.45, 2.75) is 38.5 Å². The molecule has 7 nitrogen and oxygen atoms in total. The van der Waals surface area contributed by atoms with E-state index < -0.39 is 17.7 Å². The average molecular weight is 372 g/mol. The Bertz CT molecular complexity index is 775. The molecule has 1 aromatic carbocycles. The SMILES string of the molecule is CCOC(=CN[C@@H]1c2cc(C#N)ccc2OC(C)(C)[C@H]1O)COCC=C=O. The summed E-state index contributed by atoms with van der Waals surface area (Å²) in [6.07, 6.45) is 2.00. The van der Waals surface area contributed by atoms with Gasteiger partial charge in [0.2, 0.25) is 0 Å². The second-order valence-electron chi connectivity index (χ2n) is 6.54. The van der Waals surface area contributed by atoms with E-state index in [4.69, 9.17) is 14.2 Å². The van der Waals surface area contributed by atoms with E-state index in [9.17, 15) is 15.2 Å². The van der Waals surface area contributed by atoms with Crippen LogP contribution < -0.4 is 10.1 Å². The van der Waals surface area contributed by atoms with Gasteiger partial charge in [-0.3, -0.25) is 0 Å². The zero-order chi connectivity index (χ0) is 19.9. The van der Waals surface area contributed by atoms with Gasteiger partial charge in [-0.2, -0.15) is 5.26 Å². The van der Waals surface area contributed by atoms with E-state index in [1.54, 1.807) is 44.2 Å². The second kappa shape index (κ2) is 9.24. The van der Waals surface area contributed by atoms with Crippen LogP contribution in [0.4, 0.5) is 0 Å². The predicted molar refractivity (Wildman–Crippen MR) is 98.5 cm³/mol. The molecule has 0 radical (unpaired) electrons. The highest BCUT2D eigenvalue weighted by Crippen LogP contribution is 2.40. The van der Waals surface area contributed by atoms with E-state index in [0.29, 0.717) is 29.2 Å². The molecule has 1 aliphatic heterocycles. The Kier molecular flexibility index (Phi) is 7.03. The summed E-state index contributed by atoms with van der Waals surface area (Å²) in [4.78, 5) is 10.2. The van der Waals surface area contributed by atoms with Crippen molar-refractivity contribution in [3.8, 4) is 11.8 Å². The molecular weight excluding hydrogens is 348 g/mol. The minimum Gasteiger partial charge on any atom is -0.494 e. The number of aliphatic hydroxyl groups is 1. The summed E-state index contributed by atoms with van der Waals surface area (Å²) in [5.74, 6) is 2.78. The van der Waals surface area contributed by atoms with Gasteiger partial charge in [0.25, 0.3) is 0 Å². The molecule has 2 atom stereocenters. The molecule has 7 heteroatoms. The second-order valence-corrected chi connectivity index (χ2v) is 6.54. The molecule has 0 unspecified atom stereocenters. The van der Waals surface area contributed by atoms with Crippen LogP contribution in [0.5, 0.6) is 5.75 Å². The van der Waals surface area contributed by atoms with Gasteiger partial charge < -0.3 is 24.6 Å². The number of carbonyl (C=O) groups excluding carboxylic acids is 1. The van der Waals surface area contributed by atoms with Crippen LogP contribution in [-0.2, 0) is 14.3 Å². The summed E-state index contributed by atoms with van der Waals surface area (Å²) in [5, 5.41) is 23.1. The first-order chi connectivity index (χ1) is 12.9. The van der Waals surface area contributed by atoms with Crippen molar-refractivity contribution in [2.75, 3.05) is 19.8 Å². The van der Waals surface area contributed by atoms with Crippen LogP contribution in [0.1, 0.15) is 37.9 Å². The summed E-state index contributed by atoms with van der Waals surface area (Å²) in [7, 11) is 0. The molecule has 0 saturated heterocycles. The molecule has 1 aromatic rings. The third-order valence-electron chi connectivity index (χ3n) is 4.16. The highest BCUT2D eigenvalue weighted by molar-refractivity contribution is 5.46. The number of rotatable bonds is 8. The molecule has 0 saturated carbocycles. The average Bonchev–Trinajstić information content (AvgIpc) is 2.65. The van der Waals surface area contributed by atoms with Crippen molar-refractivity contribution in [2.24, 2.45) is 0 Å². The van der Waals surface area contributed by atoms with E-state index in [0.717, 1.165) is 0 Å². The summed E-state index contributed by atoms with van der Waals surface area (Å²) in [6, 6.07) is 6.71. The van der Waals surface area contributed by atoms with Gasteiger partial charge in [0.1, 0.15) is 35.8 Å². The van der Waals surface area contributed by atoms with Crippen LogP contribution in [-0.4, -0.2) is 42.6 Å². The third kappa shape index (κ3) is 5.11. The van der Waals surface area contributed by atoms with Gasteiger partial charge in [0, 0.05) is 17.8 Å². The Labute approximate surface area is 158 Å². The quantitative estimate of drug-likeness (QED) is 0.409. The lowest BCUT2D eigenvalue weighted by Crippen LogP contribution is -2.51. The minimum atomic E-state index is -0.864. The summed E-state index contributed by atoms with van der Waals surface area (Å²) < 4.78 is 16.7. The fourth-order valence-corrected chi connectivity index (χ4v) is 2.80. The molecular formula is C20H24N2O5. The fourth-order valence-electron chi connectivity index (χ4n) is 2.80. The van der Waals surface area contributed by atoms with Gasteiger partial charge >= 0.3 is 0 Å². The van der Waals surface area contributed by atoms with Crippen LogP contribution in [0.15, 0.2) is 36.2 Å². The number of nitrogens with one attached hydrogen (secondary N) is 1. The van der Waals surface area contributed by atoms with Crippen LogP contribution in [0.25, 0.3) is 0 Å². The summed E-state index contributed by atoms with van der Waals surface area (Å²) >= 11 is 0. The van der Waals surface area contributed by atoms with E-state index >= 15 is 0 Å². The van der Waals surface area contributed by atoms with E-state index in [1.807, 2.05) is 6.92 Å². The van der Waals surface area contributed by atoms with E-state index in [-0.39, 0.29) is 13.2 Å². The highest BCUT2D eigenvalue weighted by atomic mass is 16.5. The largest absolute Gasteiger partial charge is 0.494 e. The molecule has 144 valence electrons. The maximum Gasteiger partial charge on any atom is 0.137 e. The van der Waals surface area contributed by atoms with E-state index in [1.165, 1.54) is 6.08 Å². The maximum absolute atomic E-state index is 10.8. The van der Waals surface area contributed by atoms with Crippen LogP contribution >= 0.6 is 0 Å². The highest BCUT2D eigenvalue weighted by Gasteiger charge is 2.42. The molecule has 2 N–H and O–H groups in total. The van der Waals surface area contributed by atoms with Gasteiger partial charge in [-0.1, -0.05) is 0 Å². The lowest BCUT2D eigenvalue weighted by molar-refractivity contribution is -0.0623. The van der Waals surface area contributed by atoms with Crippen molar-refractivity contribution in [1.29, 1.82) is 5.26 Å². The summed E-state index contributed by atoms with van der Waals surface area (Å²) in [6.45, 7) is 6.19. The smallest absolute Gasteiger partial charge is 0.137 e. The van der Waals surface area contributed by atoms with E-state index in [2.05, 4.69) is 11.4 Å². The Morgan fingerprint density at radius 2 is 2.26 bits per heavy atom. The van der Waals surface area contributed by atoms with Gasteiger partial charge in [-0.05, 0) is 39.0 Å². The van der Waals surface area contributed by atoms with Crippen molar-refractivity contribution < 1.29 is 24.1 Å². The van der Waals surface area contributed by atoms with Crippen molar-refractivity contribution in [1.82, 2.24) is 5.32 Å². The summed E-state index contributed by atoms with van der Waals surface area (Å²) in [5.41, 5.74) is 0.357. The standard InChI is InChI=1S/C20H24N2O5/c1-4-26-15(13-25-9-5-8-23)12-22-18-16-10-14(11-21)6-7-17(16)27-20(2,3)19(18)24/h5-7,10,12,18-19,22,24H,4,9,13H2,1-3H3/t18-,19+/m1/s1. The van der Waals surface area contributed by atoms with Gasteiger partial charge in [-0.25, -0.2) is 4.79 Å². The number of benzene rings is 1. The number of nitriles is 1. The molecule has 0 bridgehead atoms. The van der Waals surface area contributed by atoms with Gasteiger partial charge in [-0.15, -0.1) is 0 Å². The van der Waals surface area contributed by atoms with Crippen LogP contribution in [0.2, 0.25) is 0 Å². The number of hydrogen-bond donors (Lipinski definition) is 2. The molecule has 1 aliphatic rings. The first-order valence-electron chi connectivity index (χ1n) is 8.69. The Balaban J connectivity index is 2.26. The number of hydrogen-bond acceptors (Lipinski definition) is 7. The fraction of sp³-hybridized carbons (Fsp3) is 0.450. The predicted octanol–water partition coefficient (Wildman–Crippen LogP) is 2.00. The number of ether oxygens (including phenoxy) is 3. The Morgan fingerprint density at radius 1 is 1.48 bits per heavy atom. The lowest BCUT2D eigenvalue weighted by atomic mass is 9.86. The molecule has 0 aromatic heterocycles. The molecule has 0 aliphatic carbocycles. The van der Waals surface area contributed by atoms with Gasteiger partial charge in [0.05, 0.1) is 30.9 Å². The first-order valence-corrected chi connectivity index (χ1v) is 8.69. The van der Waals surface area contributed by atoms with Crippen LogP contribution in [0, 0.1) is 11.3 Å². The molecule has 0 spiro atoms. The first kappa shape index (κ1) is 20.5. The molecule has 0 amide bonds. The normalized spacial score (nSPS) is 20.5. The van der Waals surface area contributed by atoms with Crippen molar-refractivity contribution in [3.05, 3.63) is 47.4 Å². The van der Waals surface area contributed by atoms with Gasteiger partial charge in [0.15, 0.2) is 0 Å². The van der Waals surface area contributed by atoms with Crippen molar-refractivity contribution in [3.63, 3.8) is 0 Å². The third-order valence-corrected chi connectivity index (χ3v) is 4.16. The van der Waals surface area contributed by atoms with Crippen molar-refractivity contribution >= 4 is 5.94 Å².